The van der Waals surface area contributed by atoms with Gasteiger partial charge in [0.05, 0.1) is 7.11 Å². The predicted molar refractivity (Wildman–Crippen MR) is 95.3 cm³/mol. The molecule has 0 saturated carbocycles. The van der Waals surface area contributed by atoms with Crippen molar-refractivity contribution in [3.8, 4) is 0 Å². The largest absolute Gasteiger partial charge is 0.462 e. The van der Waals surface area contributed by atoms with Crippen molar-refractivity contribution < 1.29 is 23.9 Å². The minimum Gasteiger partial charge on any atom is -0.462 e. The summed E-state index contributed by atoms with van der Waals surface area (Å²) >= 11 is 0. The number of hydrogen-bond donors (Lipinski definition) is 0. The van der Waals surface area contributed by atoms with E-state index in [1.807, 2.05) is 13.8 Å². The second-order valence-corrected chi connectivity index (χ2v) is 6.86. The Bertz CT molecular complexity index is 451. The van der Waals surface area contributed by atoms with Gasteiger partial charge < -0.3 is 14.4 Å². The third-order valence-corrected chi connectivity index (χ3v) is 4.72. The van der Waals surface area contributed by atoms with E-state index in [0.29, 0.717) is 19.3 Å². The number of piperidine rings is 1. The summed E-state index contributed by atoms with van der Waals surface area (Å²) in [5, 5.41) is 0. The zero-order chi connectivity index (χ0) is 18.8. The lowest BCUT2D eigenvalue weighted by Gasteiger charge is -2.42. The van der Waals surface area contributed by atoms with Crippen molar-refractivity contribution in [2.45, 2.75) is 96.7 Å². The van der Waals surface area contributed by atoms with E-state index in [2.05, 4.69) is 0 Å². The molecule has 0 unspecified atom stereocenters. The van der Waals surface area contributed by atoms with Crippen LogP contribution in [0.15, 0.2) is 0 Å². The summed E-state index contributed by atoms with van der Waals surface area (Å²) in [6, 6.07) is -0.179. The number of nitrogens with zero attached hydrogens (tertiary/aromatic N) is 1. The van der Waals surface area contributed by atoms with Gasteiger partial charge in [0.2, 0.25) is 0 Å². The lowest BCUT2D eigenvalue weighted by molar-refractivity contribution is -0.147. The van der Waals surface area contributed by atoms with Crippen LogP contribution in [0.25, 0.3) is 0 Å². The Labute approximate surface area is 151 Å². The van der Waals surface area contributed by atoms with Gasteiger partial charge in [-0.25, -0.2) is 4.79 Å². The number of amides is 1. The number of Topliss-reactive ketones (excluding diaryl/α,β-unsaturated/α-hetero) is 1. The van der Waals surface area contributed by atoms with Crippen LogP contribution in [0.4, 0.5) is 4.79 Å². The Kier molecular flexibility index (Phi) is 9.53. The highest BCUT2D eigenvalue weighted by atomic mass is 16.5. The number of likely N-dealkylation sites (tertiary alicyclic amines) is 1. The van der Waals surface area contributed by atoms with Crippen molar-refractivity contribution >= 4 is 17.8 Å². The van der Waals surface area contributed by atoms with Crippen LogP contribution in [0.3, 0.4) is 0 Å². The van der Waals surface area contributed by atoms with E-state index >= 15 is 0 Å². The lowest BCUT2D eigenvalue weighted by atomic mass is 9.89. The average molecular weight is 355 g/mol. The highest BCUT2D eigenvalue weighted by molar-refractivity contribution is 5.80. The van der Waals surface area contributed by atoms with Crippen LogP contribution in [-0.4, -0.2) is 48.0 Å². The van der Waals surface area contributed by atoms with Crippen LogP contribution in [0, 0.1) is 0 Å². The summed E-state index contributed by atoms with van der Waals surface area (Å²) in [5.41, 5.74) is 0. The first kappa shape index (κ1) is 21.5. The quantitative estimate of drug-likeness (QED) is 0.587. The van der Waals surface area contributed by atoms with Crippen LogP contribution in [-0.2, 0) is 19.1 Å². The first-order valence-corrected chi connectivity index (χ1v) is 9.48. The molecule has 0 radical (unpaired) electrons. The number of esters is 1. The smallest absolute Gasteiger partial charge is 0.409 e. The van der Waals surface area contributed by atoms with Gasteiger partial charge >= 0.3 is 12.1 Å². The third-order valence-electron chi connectivity index (χ3n) is 4.72. The molecule has 0 aromatic carbocycles. The second kappa shape index (κ2) is 11.1. The number of rotatable bonds is 9. The summed E-state index contributed by atoms with van der Waals surface area (Å²) in [6.07, 6.45) is 6.03. The maximum Gasteiger partial charge on any atom is 0.409 e. The third kappa shape index (κ3) is 7.04. The molecule has 1 heterocycles. The fourth-order valence-corrected chi connectivity index (χ4v) is 3.73. The second-order valence-electron chi connectivity index (χ2n) is 6.86. The molecule has 0 N–H and O–H groups in total. The Hall–Kier alpha value is -1.59. The van der Waals surface area contributed by atoms with Crippen LogP contribution in [0.1, 0.15) is 78.6 Å². The molecule has 144 valence electrons. The maximum atomic E-state index is 12.4. The molecule has 1 aliphatic heterocycles. The maximum absolute atomic E-state index is 12.4. The minimum atomic E-state index is -0.392. The molecular formula is C19H33NO5. The molecule has 1 amide bonds. The number of carbonyl (C=O) groups is 3. The number of methoxy groups -OCH3 is 1. The van der Waals surface area contributed by atoms with Gasteiger partial charge in [-0.1, -0.05) is 20.3 Å². The fourth-order valence-electron chi connectivity index (χ4n) is 3.73. The van der Waals surface area contributed by atoms with Crippen molar-refractivity contribution in [1.29, 1.82) is 0 Å². The van der Waals surface area contributed by atoms with Gasteiger partial charge in [-0.15, -0.1) is 0 Å². The Morgan fingerprint density at radius 3 is 2.36 bits per heavy atom. The van der Waals surface area contributed by atoms with E-state index < -0.39 is 6.09 Å². The highest BCUT2D eigenvalue weighted by Crippen LogP contribution is 2.30. The number of ketones is 1. The summed E-state index contributed by atoms with van der Waals surface area (Å²) in [6.45, 7) is 5.43. The molecule has 0 bridgehead atoms. The standard InChI is InChI=1S/C19H33NO5/c1-5-8-17(22)12-15-10-7-11-16(20(15)19(23)24-4)13-18(9-6-2)25-14(3)21/h15-16,18H,5-13H2,1-4H3/t15-,16+,18-/m0/s1. The minimum absolute atomic E-state index is 0.0588. The van der Waals surface area contributed by atoms with Crippen molar-refractivity contribution in [3.05, 3.63) is 0 Å². The number of ether oxygens (including phenoxy) is 2. The molecule has 0 aromatic rings. The van der Waals surface area contributed by atoms with E-state index in [0.717, 1.165) is 38.5 Å². The molecule has 0 aliphatic carbocycles. The molecule has 1 saturated heterocycles. The molecule has 1 rings (SSSR count). The zero-order valence-electron chi connectivity index (χ0n) is 16.1. The van der Waals surface area contributed by atoms with Crippen LogP contribution < -0.4 is 0 Å². The van der Waals surface area contributed by atoms with Crippen LogP contribution >= 0.6 is 0 Å². The number of hydrogen-bond acceptors (Lipinski definition) is 5. The van der Waals surface area contributed by atoms with Gasteiger partial charge in [0, 0.05) is 38.3 Å². The van der Waals surface area contributed by atoms with Gasteiger partial charge in [-0.3, -0.25) is 9.59 Å². The first-order chi connectivity index (χ1) is 11.9. The van der Waals surface area contributed by atoms with Gasteiger partial charge in [-0.2, -0.15) is 0 Å². The summed E-state index contributed by atoms with van der Waals surface area (Å²) < 4.78 is 10.4. The molecule has 0 aromatic heterocycles. The van der Waals surface area contributed by atoms with Crippen LogP contribution in [0.5, 0.6) is 0 Å². The topological polar surface area (TPSA) is 72.9 Å². The van der Waals surface area contributed by atoms with Gasteiger partial charge in [0.15, 0.2) is 0 Å². The molecule has 6 nitrogen and oxygen atoms in total. The fraction of sp³-hybridized carbons (Fsp3) is 0.842. The molecule has 6 heteroatoms. The highest BCUT2D eigenvalue weighted by Gasteiger charge is 2.37. The summed E-state index contributed by atoms with van der Waals surface area (Å²) in [4.78, 5) is 37.5. The Balaban J connectivity index is 2.88. The SMILES string of the molecule is CCCC(=O)C[C@@H]1CCC[C@H](C[C@H](CCC)OC(C)=O)N1C(=O)OC. The number of carbonyl (C=O) groups excluding carboxylic acids is 3. The van der Waals surface area contributed by atoms with Crippen molar-refractivity contribution in [2.75, 3.05) is 7.11 Å². The van der Waals surface area contributed by atoms with E-state index in [1.165, 1.54) is 14.0 Å². The molecular weight excluding hydrogens is 322 g/mol. The van der Waals surface area contributed by atoms with E-state index in [-0.39, 0.29) is 29.9 Å². The van der Waals surface area contributed by atoms with Gasteiger partial charge in [0.25, 0.3) is 0 Å². The molecule has 0 spiro atoms. The van der Waals surface area contributed by atoms with E-state index in [1.54, 1.807) is 4.90 Å². The monoisotopic (exact) mass is 355 g/mol. The molecule has 25 heavy (non-hydrogen) atoms. The van der Waals surface area contributed by atoms with E-state index in [4.69, 9.17) is 9.47 Å². The van der Waals surface area contributed by atoms with Gasteiger partial charge in [-0.05, 0) is 32.1 Å². The molecule has 1 aliphatic rings. The van der Waals surface area contributed by atoms with Gasteiger partial charge in [0.1, 0.15) is 11.9 Å². The summed E-state index contributed by atoms with van der Waals surface area (Å²) in [7, 11) is 1.37. The Morgan fingerprint density at radius 2 is 1.80 bits per heavy atom. The summed E-state index contributed by atoms with van der Waals surface area (Å²) in [5.74, 6) is -0.110. The predicted octanol–water partition coefficient (Wildman–Crippen LogP) is 3.86. The first-order valence-electron chi connectivity index (χ1n) is 9.48. The Morgan fingerprint density at radius 1 is 1.12 bits per heavy atom. The molecule has 3 atom stereocenters. The normalized spacial score (nSPS) is 21.5. The van der Waals surface area contributed by atoms with Crippen molar-refractivity contribution in [1.82, 2.24) is 4.90 Å². The van der Waals surface area contributed by atoms with Crippen molar-refractivity contribution in [3.63, 3.8) is 0 Å². The van der Waals surface area contributed by atoms with Crippen molar-refractivity contribution in [2.24, 2.45) is 0 Å². The van der Waals surface area contributed by atoms with Crippen LogP contribution in [0.2, 0.25) is 0 Å². The average Bonchev–Trinajstić information content (AvgIpc) is 2.54. The van der Waals surface area contributed by atoms with E-state index in [9.17, 15) is 14.4 Å². The lowest BCUT2D eigenvalue weighted by Crippen LogP contribution is -2.52. The molecule has 1 fully saturated rings. The zero-order valence-corrected chi connectivity index (χ0v) is 16.1.